The molecule has 0 spiro atoms. The van der Waals surface area contributed by atoms with Crippen molar-refractivity contribution < 1.29 is 23.8 Å². The first-order valence-electron chi connectivity index (χ1n) is 9.72. The van der Waals surface area contributed by atoms with Crippen molar-refractivity contribution in [2.45, 2.75) is 6.61 Å². The highest BCUT2D eigenvalue weighted by Crippen LogP contribution is 2.28. The summed E-state index contributed by atoms with van der Waals surface area (Å²) in [4.78, 5) is 24.0. The zero-order valence-electron chi connectivity index (χ0n) is 17.7. The van der Waals surface area contributed by atoms with Gasteiger partial charge in [-0.3, -0.25) is 9.59 Å². The lowest BCUT2D eigenvalue weighted by atomic mass is 10.2. The molecule has 0 atom stereocenters. The SMILES string of the molecule is COc1cccc(NC(=O)C(=O)N/N=C/c2ccc(OCc3ccccc3)c(OC)c2)c1. The minimum Gasteiger partial charge on any atom is -0.497 e. The minimum atomic E-state index is -0.904. The maximum Gasteiger partial charge on any atom is 0.329 e. The fourth-order valence-electron chi connectivity index (χ4n) is 2.72. The van der Waals surface area contributed by atoms with Gasteiger partial charge in [-0.05, 0) is 41.5 Å². The van der Waals surface area contributed by atoms with E-state index in [9.17, 15) is 9.59 Å². The lowest BCUT2D eigenvalue weighted by Gasteiger charge is -2.11. The van der Waals surface area contributed by atoms with Crippen molar-refractivity contribution in [3.05, 3.63) is 83.9 Å². The van der Waals surface area contributed by atoms with Gasteiger partial charge in [0.25, 0.3) is 0 Å². The van der Waals surface area contributed by atoms with Gasteiger partial charge in [0.2, 0.25) is 0 Å². The molecule has 0 aliphatic heterocycles. The highest BCUT2D eigenvalue weighted by Gasteiger charge is 2.13. The highest BCUT2D eigenvalue weighted by molar-refractivity contribution is 6.39. The number of hydrogen-bond donors (Lipinski definition) is 2. The molecule has 0 aromatic heterocycles. The van der Waals surface area contributed by atoms with Gasteiger partial charge < -0.3 is 19.5 Å². The highest BCUT2D eigenvalue weighted by atomic mass is 16.5. The number of carbonyl (C=O) groups excluding carboxylic acids is 2. The largest absolute Gasteiger partial charge is 0.497 e. The van der Waals surface area contributed by atoms with E-state index in [2.05, 4.69) is 15.8 Å². The molecule has 3 aromatic carbocycles. The second-order valence-corrected chi connectivity index (χ2v) is 6.57. The normalized spacial score (nSPS) is 10.4. The van der Waals surface area contributed by atoms with Crippen molar-refractivity contribution in [3.8, 4) is 17.2 Å². The van der Waals surface area contributed by atoms with Crippen molar-refractivity contribution in [1.82, 2.24) is 5.43 Å². The van der Waals surface area contributed by atoms with E-state index in [-0.39, 0.29) is 0 Å². The van der Waals surface area contributed by atoms with Crippen LogP contribution in [-0.4, -0.2) is 32.2 Å². The lowest BCUT2D eigenvalue weighted by Crippen LogP contribution is -2.32. The molecule has 8 nitrogen and oxygen atoms in total. The molecular weight excluding hydrogens is 410 g/mol. The Bertz CT molecular complexity index is 1100. The molecule has 0 radical (unpaired) electrons. The Morgan fingerprint density at radius 1 is 0.875 bits per heavy atom. The van der Waals surface area contributed by atoms with E-state index in [1.807, 2.05) is 30.3 Å². The molecule has 0 unspecified atom stereocenters. The Hall–Kier alpha value is -4.33. The van der Waals surface area contributed by atoms with Crippen LogP contribution in [0.1, 0.15) is 11.1 Å². The van der Waals surface area contributed by atoms with Gasteiger partial charge in [-0.25, -0.2) is 5.43 Å². The average molecular weight is 433 g/mol. The van der Waals surface area contributed by atoms with E-state index >= 15 is 0 Å². The van der Waals surface area contributed by atoms with Gasteiger partial charge in [0.15, 0.2) is 11.5 Å². The van der Waals surface area contributed by atoms with Crippen LogP contribution in [0.5, 0.6) is 17.2 Å². The fraction of sp³-hybridized carbons (Fsp3) is 0.125. The third-order valence-electron chi connectivity index (χ3n) is 4.34. The molecule has 0 saturated heterocycles. The maximum atomic E-state index is 12.0. The van der Waals surface area contributed by atoms with Gasteiger partial charge in [0.05, 0.1) is 20.4 Å². The summed E-state index contributed by atoms with van der Waals surface area (Å²) in [7, 11) is 3.05. The van der Waals surface area contributed by atoms with Crippen LogP contribution in [0.3, 0.4) is 0 Å². The van der Waals surface area contributed by atoms with Crippen LogP contribution >= 0.6 is 0 Å². The number of carbonyl (C=O) groups is 2. The molecule has 2 amide bonds. The summed E-state index contributed by atoms with van der Waals surface area (Å²) in [5.41, 5.74) is 4.32. The van der Waals surface area contributed by atoms with Crippen molar-refractivity contribution in [2.24, 2.45) is 5.10 Å². The van der Waals surface area contributed by atoms with Crippen LogP contribution in [0.15, 0.2) is 77.9 Å². The molecule has 32 heavy (non-hydrogen) atoms. The number of nitrogens with zero attached hydrogens (tertiary/aromatic N) is 1. The first kappa shape index (κ1) is 22.4. The Morgan fingerprint density at radius 3 is 2.44 bits per heavy atom. The van der Waals surface area contributed by atoms with E-state index in [4.69, 9.17) is 14.2 Å². The molecule has 0 saturated carbocycles. The molecule has 0 aliphatic rings. The van der Waals surface area contributed by atoms with Crippen LogP contribution < -0.4 is 25.0 Å². The Labute approximate surface area is 185 Å². The molecule has 0 heterocycles. The summed E-state index contributed by atoms with van der Waals surface area (Å²) in [6.45, 7) is 0.406. The number of nitrogens with one attached hydrogen (secondary N) is 2. The van der Waals surface area contributed by atoms with Crippen molar-refractivity contribution in [2.75, 3.05) is 19.5 Å². The fourth-order valence-corrected chi connectivity index (χ4v) is 2.72. The summed E-state index contributed by atoms with van der Waals surface area (Å²) >= 11 is 0. The smallest absolute Gasteiger partial charge is 0.329 e. The van der Waals surface area contributed by atoms with Gasteiger partial charge in [-0.15, -0.1) is 0 Å². The lowest BCUT2D eigenvalue weighted by molar-refractivity contribution is -0.136. The van der Waals surface area contributed by atoms with Gasteiger partial charge in [0, 0.05) is 11.8 Å². The summed E-state index contributed by atoms with van der Waals surface area (Å²) in [5, 5.41) is 6.31. The minimum absolute atomic E-state index is 0.406. The van der Waals surface area contributed by atoms with Crippen LogP contribution in [0, 0.1) is 0 Å². The summed E-state index contributed by atoms with van der Waals surface area (Å²) in [6, 6.07) is 21.7. The van der Waals surface area contributed by atoms with Gasteiger partial charge in [-0.1, -0.05) is 36.4 Å². The van der Waals surface area contributed by atoms with E-state index in [1.54, 1.807) is 42.5 Å². The Morgan fingerprint density at radius 2 is 1.69 bits per heavy atom. The van der Waals surface area contributed by atoms with Crippen LogP contribution in [0.25, 0.3) is 0 Å². The third kappa shape index (κ3) is 6.33. The van der Waals surface area contributed by atoms with Crippen LogP contribution in [0.2, 0.25) is 0 Å². The number of ether oxygens (including phenoxy) is 3. The molecule has 0 fully saturated rings. The van der Waals surface area contributed by atoms with E-state index in [0.717, 1.165) is 5.56 Å². The molecule has 0 bridgehead atoms. The van der Waals surface area contributed by atoms with Crippen LogP contribution in [0.4, 0.5) is 5.69 Å². The van der Waals surface area contributed by atoms with Gasteiger partial charge >= 0.3 is 11.8 Å². The molecule has 8 heteroatoms. The standard InChI is InChI=1S/C24H23N3O5/c1-30-20-10-6-9-19(14-20)26-23(28)24(29)27-25-15-18-11-12-21(22(13-18)31-2)32-16-17-7-4-3-5-8-17/h3-15H,16H2,1-2H3,(H,26,28)(H,27,29)/b25-15+. The first-order chi connectivity index (χ1) is 15.6. The quantitative estimate of drug-likeness (QED) is 0.322. The number of rotatable bonds is 8. The van der Waals surface area contributed by atoms with E-state index < -0.39 is 11.8 Å². The molecular formula is C24H23N3O5. The van der Waals surface area contributed by atoms with E-state index in [0.29, 0.717) is 35.1 Å². The van der Waals surface area contributed by atoms with Gasteiger partial charge in [0.1, 0.15) is 12.4 Å². The Balaban J connectivity index is 1.55. The number of hydrogen-bond acceptors (Lipinski definition) is 6. The van der Waals surface area contributed by atoms with Crippen molar-refractivity contribution in [3.63, 3.8) is 0 Å². The second kappa shape index (κ2) is 11.2. The molecule has 3 rings (SSSR count). The summed E-state index contributed by atoms with van der Waals surface area (Å²) < 4.78 is 16.3. The Kier molecular flexibility index (Phi) is 7.80. The van der Waals surface area contributed by atoms with E-state index in [1.165, 1.54) is 20.4 Å². The number of hydrazone groups is 1. The number of amides is 2. The second-order valence-electron chi connectivity index (χ2n) is 6.57. The maximum absolute atomic E-state index is 12.0. The average Bonchev–Trinajstić information content (AvgIpc) is 2.83. The number of methoxy groups -OCH3 is 2. The van der Waals surface area contributed by atoms with Crippen molar-refractivity contribution in [1.29, 1.82) is 0 Å². The predicted molar refractivity (Wildman–Crippen MR) is 121 cm³/mol. The number of anilines is 1. The molecule has 0 aliphatic carbocycles. The van der Waals surface area contributed by atoms with Gasteiger partial charge in [-0.2, -0.15) is 5.10 Å². The topological polar surface area (TPSA) is 98.2 Å². The zero-order chi connectivity index (χ0) is 22.8. The predicted octanol–water partition coefficient (Wildman–Crippen LogP) is 3.37. The van der Waals surface area contributed by atoms with Crippen molar-refractivity contribution >= 4 is 23.7 Å². The summed E-state index contributed by atoms with van der Waals surface area (Å²) in [5.74, 6) is -0.0926. The molecule has 3 aromatic rings. The summed E-state index contributed by atoms with van der Waals surface area (Å²) in [6.07, 6.45) is 1.40. The number of benzene rings is 3. The molecule has 164 valence electrons. The first-order valence-corrected chi connectivity index (χ1v) is 9.72. The zero-order valence-corrected chi connectivity index (χ0v) is 17.7. The molecule has 2 N–H and O–H groups in total. The van der Waals surface area contributed by atoms with Crippen LogP contribution in [-0.2, 0) is 16.2 Å². The monoisotopic (exact) mass is 433 g/mol. The third-order valence-corrected chi connectivity index (χ3v) is 4.34.